The summed E-state index contributed by atoms with van der Waals surface area (Å²) in [7, 11) is 0. The molecule has 0 saturated carbocycles. The van der Waals surface area contributed by atoms with E-state index in [0.717, 1.165) is 0 Å². The summed E-state index contributed by atoms with van der Waals surface area (Å²) in [6, 6.07) is 17.2. The van der Waals surface area contributed by atoms with Gasteiger partial charge in [-0.15, -0.1) is 0 Å². The van der Waals surface area contributed by atoms with Gasteiger partial charge in [0, 0.05) is 17.2 Å². The first kappa shape index (κ1) is 15.8. The van der Waals surface area contributed by atoms with E-state index in [4.69, 9.17) is 5.11 Å². The Kier molecular flexibility index (Phi) is 6.33. The van der Waals surface area contributed by atoms with Crippen LogP contribution in [0.5, 0.6) is 0 Å². The number of ketones is 2. The van der Waals surface area contributed by atoms with Crippen LogP contribution in [0.2, 0.25) is 0 Å². The molecule has 3 nitrogen and oxygen atoms in total. The SMILES string of the molecule is CC(C)O.O=C(C(=O)c1ccccc1)c1ccccc1. The fourth-order valence-electron chi connectivity index (χ4n) is 1.44. The third-order valence-electron chi connectivity index (χ3n) is 2.28. The molecule has 0 fully saturated rings. The summed E-state index contributed by atoms with van der Waals surface area (Å²) in [5.74, 6) is -0.932. The topological polar surface area (TPSA) is 54.4 Å². The largest absolute Gasteiger partial charge is 0.394 e. The minimum absolute atomic E-state index is 0.167. The number of hydrogen-bond acceptors (Lipinski definition) is 3. The number of benzene rings is 2. The zero-order valence-electron chi connectivity index (χ0n) is 11.6. The molecule has 2 aromatic rings. The van der Waals surface area contributed by atoms with E-state index < -0.39 is 11.6 Å². The molecular weight excluding hydrogens is 252 g/mol. The third kappa shape index (κ3) is 5.16. The van der Waals surface area contributed by atoms with Crippen LogP contribution in [-0.2, 0) is 0 Å². The number of aliphatic hydroxyl groups is 1. The molecule has 0 aliphatic carbocycles. The van der Waals surface area contributed by atoms with Crippen molar-refractivity contribution in [2.75, 3.05) is 0 Å². The predicted octanol–water partition coefficient (Wildman–Crippen LogP) is 3.14. The lowest BCUT2D eigenvalue weighted by Gasteiger charge is -1.99. The maximum Gasteiger partial charge on any atom is 0.233 e. The second kappa shape index (κ2) is 8.02. The van der Waals surface area contributed by atoms with Crippen LogP contribution in [0.15, 0.2) is 60.7 Å². The molecule has 0 spiro atoms. The molecule has 0 saturated heterocycles. The molecule has 0 atom stereocenters. The van der Waals surface area contributed by atoms with E-state index in [1.807, 2.05) is 12.1 Å². The van der Waals surface area contributed by atoms with Crippen molar-refractivity contribution in [3.8, 4) is 0 Å². The van der Waals surface area contributed by atoms with Crippen molar-refractivity contribution in [2.45, 2.75) is 20.0 Å². The van der Waals surface area contributed by atoms with Crippen molar-refractivity contribution in [3.05, 3.63) is 71.8 Å². The Balaban J connectivity index is 0.000000444. The highest BCUT2D eigenvalue weighted by Gasteiger charge is 2.16. The van der Waals surface area contributed by atoms with Crippen LogP contribution >= 0.6 is 0 Å². The Morgan fingerprint density at radius 2 is 1.00 bits per heavy atom. The molecule has 0 aliphatic heterocycles. The lowest BCUT2D eigenvalue weighted by molar-refractivity contribution is 0.0817. The van der Waals surface area contributed by atoms with Gasteiger partial charge in [0.05, 0.1) is 0 Å². The zero-order valence-corrected chi connectivity index (χ0v) is 11.6. The van der Waals surface area contributed by atoms with Crippen LogP contribution in [0.3, 0.4) is 0 Å². The van der Waals surface area contributed by atoms with Gasteiger partial charge < -0.3 is 5.11 Å². The van der Waals surface area contributed by atoms with Crippen molar-refractivity contribution in [1.29, 1.82) is 0 Å². The molecule has 0 radical (unpaired) electrons. The van der Waals surface area contributed by atoms with Crippen molar-refractivity contribution >= 4 is 11.6 Å². The fourth-order valence-corrected chi connectivity index (χ4v) is 1.44. The third-order valence-corrected chi connectivity index (χ3v) is 2.28. The molecule has 20 heavy (non-hydrogen) atoms. The molecule has 2 aromatic carbocycles. The summed E-state index contributed by atoms with van der Waals surface area (Å²) in [5, 5.41) is 8.06. The van der Waals surface area contributed by atoms with Crippen LogP contribution in [-0.4, -0.2) is 22.8 Å². The first-order chi connectivity index (χ1) is 9.52. The number of Topliss-reactive ketones (excluding diaryl/α,β-unsaturated/α-hetero) is 2. The summed E-state index contributed by atoms with van der Waals surface area (Å²) in [6.07, 6.45) is -0.167. The smallest absolute Gasteiger partial charge is 0.233 e. The first-order valence-electron chi connectivity index (χ1n) is 6.39. The molecule has 0 aliphatic rings. The molecule has 1 N–H and O–H groups in total. The average molecular weight is 270 g/mol. The fraction of sp³-hybridized carbons (Fsp3) is 0.176. The normalized spacial score (nSPS) is 9.60. The highest BCUT2D eigenvalue weighted by Crippen LogP contribution is 2.07. The van der Waals surface area contributed by atoms with Gasteiger partial charge in [0.25, 0.3) is 0 Å². The molecule has 0 unspecified atom stereocenters. The average Bonchev–Trinajstić information content (AvgIpc) is 2.47. The number of aliphatic hydroxyl groups excluding tert-OH is 1. The predicted molar refractivity (Wildman–Crippen MR) is 78.9 cm³/mol. The highest BCUT2D eigenvalue weighted by molar-refractivity contribution is 6.49. The highest BCUT2D eigenvalue weighted by atomic mass is 16.3. The lowest BCUT2D eigenvalue weighted by atomic mass is 10.0. The summed E-state index contributed by atoms with van der Waals surface area (Å²) in [6.45, 7) is 3.44. The van der Waals surface area contributed by atoms with Gasteiger partial charge in [0.2, 0.25) is 11.6 Å². The van der Waals surface area contributed by atoms with Crippen molar-refractivity contribution in [3.63, 3.8) is 0 Å². The number of rotatable bonds is 3. The van der Waals surface area contributed by atoms with Crippen molar-refractivity contribution in [1.82, 2.24) is 0 Å². The Morgan fingerprint density at radius 1 is 0.750 bits per heavy atom. The molecule has 0 amide bonds. The minimum Gasteiger partial charge on any atom is -0.394 e. The van der Waals surface area contributed by atoms with Crippen LogP contribution in [0.1, 0.15) is 34.6 Å². The zero-order chi connectivity index (χ0) is 15.0. The second-order valence-electron chi connectivity index (χ2n) is 4.48. The standard InChI is InChI=1S/C14H10O2.C3H8O/c15-13(11-7-3-1-4-8-11)14(16)12-9-5-2-6-10-12;1-3(2)4/h1-10H;3-4H,1-2H3. The Hall–Kier alpha value is -2.26. The summed E-state index contributed by atoms with van der Waals surface area (Å²) in [4.78, 5) is 23.6. The second-order valence-corrected chi connectivity index (χ2v) is 4.48. The molecule has 0 bridgehead atoms. The molecule has 0 aromatic heterocycles. The maximum absolute atomic E-state index is 11.8. The van der Waals surface area contributed by atoms with Crippen molar-refractivity contribution < 1.29 is 14.7 Å². The summed E-state index contributed by atoms with van der Waals surface area (Å²) < 4.78 is 0. The minimum atomic E-state index is -0.466. The number of carbonyl (C=O) groups excluding carboxylic acids is 2. The Morgan fingerprint density at radius 3 is 1.25 bits per heavy atom. The van der Waals surface area contributed by atoms with E-state index in [1.54, 1.807) is 62.4 Å². The molecule has 0 heterocycles. The van der Waals surface area contributed by atoms with E-state index in [9.17, 15) is 9.59 Å². The maximum atomic E-state index is 11.8. The molecule has 104 valence electrons. The van der Waals surface area contributed by atoms with Gasteiger partial charge in [-0.1, -0.05) is 60.7 Å². The van der Waals surface area contributed by atoms with E-state index in [2.05, 4.69) is 0 Å². The monoisotopic (exact) mass is 270 g/mol. The summed E-state index contributed by atoms with van der Waals surface area (Å²) in [5.41, 5.74) is 0.854. The van der Waals surface area contributed by atoms with E-state index in [1.165, 1.54) is 0 Å². The summed E-state index contributed by atoms with van der Waals surface area (Å²) >= 11 is 0. The van der Waals surface area contributed by atoms with Gasteiger partial charge in [0.1, 0.15) is 0 Å². The molecule has 2 rings (SSSR count). The quantitative estimate of drug-likeness (QED) is 0.688. The van der Waals surface area contributed by atoms with Gasteiger partial charge in [-0.3, -0.25) is 9.59 Å². The van der Waals surface area contributed by atoms with Crippen LogP contribution in [0, 0.1) is 0 Å². The number of hydrogen-bond donors (Lipinski definition) is 1. The van der Waals surface area contributed by atoms with Gasteiger partial charge in [-0.25, -0.2) is 0 Å². The van der Waals surface area contributed by atoms with Crippen LogP contribution in [0.4, 0.5) is 0 Å². The van der Waals surface area contributed by atoms with Crippen molar-refractivity contribution in [2.24, 2.45) is 0 Å². The molecular formula is C17H18O3. The Labute approximate surface area is 118 Å². The van der Waals surface area contributed by atoms with Gasteiger partial charge in [0.15, 0.2) is 0 Å². The van der Waals surface area contributed by atoms with Gasteiger partial charge >= 0.3 is 0 Å². The van der Waals surface area contributed by atoms with Gasteiger partial charge in [-0.05, 0) is 13.8 Å². The first-order valence-corrected chi connectivity index (χ1v) is 6.39. The van der Waals surface area contributed by atoms with E-state index in [0.29, 0.717) is 11.1 Å². The van der Waals surface area contributed by atoms with E-state index >= 15 is 0 Å². The Bertz CT molecular complexity index is 493. The van der Waals surface area contributed by atoms with Crippen LogP contribution < -0.4 is 0 Å². The number of carbonyl (C=O) groups is 2. The van der Waals surface area contributed by atoms with E-state index in [-0.39, 0.29) is 6.10 Å². The van der Waals surface area contributed by atoms with Crippen LogP contribution in [0.25, 0.3) is 0 Å². The van der Waals surface area contributed by atoms with Gasteiger partial charge in [-0.2, -0.15) is 0 Å². The lowest BCUT2D eigenvalue weighted by Crippen LogP contribution is -2.14. The molecule has 3 heteroatoms.